The van der Waals surface area contributed by atoms with Gasteiger partial charge >= 0.3 is 6.03 Å². The summed E-state index contributed by atoms with van der Waals surface area (Å²) in [4.78, 5) is 28.9. The molecule has 6 nitrogen and oxygen atoms in total. The standard InChI is InChI=1S/C22H24ClN3O3S/c1-2-29-19-6-4-3-5-18(19)24-21(28)25-13-11-22(12-14-25)26(20(27)15-30-22)17-9-7-16(23)8-10-17/h3-10H,2,11-15H2,1H3,(H,24,28). The Bertz CT molecular complexity index is 929. The van der Waals surface area contributed by atoms with E-state index in [9.17, 15) is 9.59 Å². The zero-order valence-electron chi connectivity index (χ0n) is 16.8. The minimum absolute atomic E-state index is 0.103. The maximum Gasteiger partial charge on any atom is 0.321 e. The zero-order valence-corrected chi connectivity index (χ0v) is 18.3. The maximum atomic E-state index is 12.8. The van der Waals surface area contributed by atoms with Crippen molar-refractivity contribution in [3.05, 3.63) is 53.6 Å². The van der Waals surface area contributed by atoms with E-state index in [1.807, 2.05) is 48.2 Å². The van der Waals surface area contributed by atoms with Gasteiger partial charge in [0.25, 0.3) is 0 Å². The number of halogens is 1. The van der Waals surface area contributed by atoms with Crippen molar-refractivity contribution in [3.63, 3.8) is 0 Å². The third-order valence-corrected chi connectivity index (χ3v) is 7.24. The number of nitrogens with zero attached hydrogens (tertiary/aromatic N) is 2. The Morgan fingerprint density at radius 1 is 1.17 bits per heavy atom. The fourth-order valence-electron chi connectivity index (χ4n) is 3.99. The zero-order chi connectivity index (χ0) is 21.1. The number of thioether (sulfide) groups is 1. The average Bonchev–Trinajstić information content (AvgIpc) is 3.06. The molecule has 0 aromatic heterocycles. The lowest BCUT2D eigenvalue weighted by atomic mass is 10.0. The van der Waals surface area contributed by atoms with Crippen molar-refractivity contribution in [2.45, 2.75) is 24.6 Å². The van der Waals surface area contributed by atoms with Gasteiger partial charge in [-0.05, 0) is 56.2 Å². The molecule has 1 N–H and O–H groups in total. The Hall–Kier alpha value is -2.38. The van der Waals surface area contributed by atoms with Crippen LogP contribution >= 0.6 is 23.4 Å². The topological polar surface area (TPSA) is 61.9 Å². The molecule has 2 aliphatic heterocycles. The highest BCUT2D eigenvalue weighted by Gasteiger charge is 2.49. The van der Waals surface area contributed by atoms with Gasteiger partial charge in [0.15, 0.2) is 0 Å². The monoisotopic (exact) mass is 445 g/mol. The number of urea groups is 1. The quantitative estimate of drug-likeness (QED) is 0.731. The Balaban J connectivity index is 1.44. The van der Waals surface area contributed by atoms with Crippen molar-refractivity contribution >= 4 is 46.7 Å². The van der Waals surface area contributed by atoms with Crippen molar-refractivity contribution in [2.24, 2.45) is 0 Å². The molecule has 0 unspecified atom stereocenters. The first-order valence-electron chi connectivity index (χ1n) is 10.0. The van der Waals surface area contributed by atoms with Crippen molar-refractivity contribution in [1.29, 1.82) is 0 Å². The molecular weight excluding hydrogens is 422 g/mol. The third-order valence-electron chi connectivity index (χ3n) is 5.47. The number of para-hydroxylation sites is 2. The molecule has 0 radical (unpaired) electrons. The molecule has 30 heavy (non-hydrogen) atoms. The van der Waals surface area contributed by atoms with Crippen molar-refractivity contribution < 1.29 is 14.3 Å². The first-order valence-corrected chi connectivity index (χ1v) is 11.4. The fourth-order valence-corrected chi connectivity index (χ4v) is 5.45. The predicted molar refractivity (Wildman–Crippen MR) is 122 cm³/mol. The molecule has 3 amide bonds. The van der Waals surface area contributed by atoms with E-state index in [4.69, 9.17) is 16.3 Å². The van der Waals surface area contributed by atoms with Gasteiger partial charge in [-0.2, -0.15) is 0 Å². The number of rotatable bonds is 4. The number of carbonyl (C=O) groups excluding carboxylic acids is 2. The molecule has 2 aliphatic rings. The lowest BCUT2D eigenvalue weighted by Gasteiger charge is -2.43. The smallest absolute Gasteiger partial charge is 0.321 e. The summed E-state index contributed by atoms with van der Waals surface area (Å²) in [5.74, 6) is 1.22. The summed E-state index contributed by atoms with van der Waals surface area (Å²) >= 11 is 7.69. The van der Waals surface area contributed by atoms with Gasteiger partial charge in [-0.25, -0.2) is 4.79 Å². The van der Waals surface area contributed by atoms with Crippen LogP contribution in [0.2, 0.25) is 5.02 Å². The molecule has 2 aromatic carbocycles. The Morgan fingerprint density at radius 2 is 1.87 bits per heavy atom. The van der Waals surface area contributed by atoms with Crippen LogP contribution in [-0.4, -0.2) is 47.2 Å². The molecule has 8 heteroatoms. The summed E-state index contributed by atoms with van der Waals surface area (Å²) in [6.45, 7) is 3.60. The van der Waals surface area contributed by atoms with E-state index in [1.54, 1.807) is 28.8 Å². The minimum Gasteiger partial charge on any atom is -0.492 e. The van der Waals surface area contributed by atoms with Crippen molar-refractivity contribution in [2.75, 3.05) is 35.7 Å². The second kappa shape index (κ2) is 8.78. The highest BCUT2D eigenvalue weighted by atomic mass is 35.5. The van der Waals surface area contributed by atoms with Crippen LogP contribution in [0.15, 0.2) is 48.5 Å². The van der Waals surface area contributed by atoms with Crippen LogP contribution < -0.4 is 15.0 Å². The van der Waals surface area contributed by atoms with Gasteiger partial charge in [0.1, 0.15) is 5.75 Å². The van der Waals surface area contributed by atoms with E-state index in [1.165, 1.54) is 0 Å². The van der Waals surface area contributed by atoms with Crippen LogP contribution in [0.4, 0.5) is 16.2 Å². The second-order valence-electron chi connectivity index (χ2n) is 7.29. The van der Waals surface area contributed by atoms with Crippen LogP contribution in [0.25, 0.3) is 0 Å². The number of benzene rings is 2. The highest BCUT2D eigenvalue weighted by Crippen LogP contribution is 2.47. The maximum absolute atomic E-state index is 12.8. The molecular formula is C22H24ClN3O3S. The summed E-state index contributed by atoms with van der Waals surface area (Å²) in [6, 6.07) is 14.7. The molecule has 0 saturated carbocycles. The van der Waals surface area contributed by atoms with Crippen LogP contribution in [0, 0.1) is 0 Å². The van der Waals surface area contributed by atoms with E-state index in [0.717, 1.165) is 5.69 Å². The normalized spacial score (nSPS) is 18.0. The average molecular weight is 446 g/mol. The number of nitrogens with one attached hydrogen (secondary N) is 1. The number of amides is 3. The van der Waals surface area contributed by atoms with E-state index < -0.39 is 0 Å². The van der Waals surface area contributed by atoms with E-state index in [2.05, 4.69) is 5.32 Å². The summed E-state index contributed by atoms with van der Waals surface area (Å²) in [5.41, 5.74) is 1.52. The summed E-state index contributed by atoms with van der Waals surface area (Å²) in [7, 11) is 0. The van der Waals surface area contributed by atoms with E-state index in [-0.39, 0.29) is 16.8 Å². The molecule has 158 valence electrons. The molecule has 2 aromatic rings. The lowest BCUT2D eigenvalue weighted by Crippen LogP contribution is -2.53. The van der Waals surface area contributed by atoms with Crippen LogP contribution in [-0.2, 0) is 4.79 Å². The number of piperidine rings is 1. The third kappa shape index (κ3) is 4.09. The number of ether oxygens (including phenoxy) is 1. The number of anilines is 2. The number of hydrogen-bond donors (Lipinski definition) is 1. The Kier molecular flexibility index (Phi) is 6.11. The lowest BCUT2D eigenvalue weighted by molar-refractivity contribution is -0.116. The van der Waals surface area contributed by atoms with Crippen molar-refractivity contribution in [3.8, 4) is 5.75 Å². The molecule has 1 spiro atoms. The van der Waals surface area contributed by atoms with Gasteiger partial charge in [0.2, 0.25) is 5.91 Å². The molecule has 0 aliphatic carbocycles. The van der Waals surface area contributed by atoms with Gasteiger partial charge in [-0.15, -0.1) is 11.8 Å². The molecule has 0 bridgehead atoms. The highest BCUT2D eigenvalue weighted by molar-refractivity contribution is 8.02. The number of likely N-dealkylation sites (tertiary alicyclic amines) is 1. The second-order valence-corrected chi connectivity index (χ2v) is 9.06. The van der Waals surface area contributed by atoms with Gasteiger partial charge in [-0.3, -0.25) is 9.69 Å². The summed E-state index contributed by atoms with van der Waals surface area (Å²) in [5, 5.41) is 3.61. The van der Waals surface area contributed by atoms with Crippen LogP contribution in [0.3, 0.4) is 0 Å². The Labute approximate surface area is 185 Å². The predicted octanol–water partition coefficient (Wildman–Crippen LogP) is 4.84. The van der Waals surface area contributed by atoms with Gasteiger partial charge < -0.3 is 15.0 Å². The van der Waals surface area contributed by atoms with E-state index >= 15 is 0 Å². The summed E-state index contributed by atoms with van der Waals surface area (Å²) in [6.07, 6.45) is 1.43. The molecule has 2 heterocycles. The molecule has 0 atom stereocenters. The van der Waals surface area contributed by atoms with Gasteiger partial charge in [0.05, 0.1) is 22.9 Å². The van der Waals surface area contributed by atoms with E-state index in [0.29, 0.717) is 54.8 Å². The summed E-state index contributed by atoms with van der Waals surface area (Å²) < 4.78 is 5.59. The minimum atomic E-state index is -0.315. The van der Waals surface area contributed by atoms with Crippen molar-refractivity contribution in [1.82, 2.24) is 4.90 Å². The molecule has 2 fully saturated rings. The van der Waals surface area contributed by atoms with Gasteiger partial charge in [0, 0.05) is 23.8 Å². The number of carbonyl (C=O) groups is 2. The Morgan fingerprint density at radius 3 is 2.57 bits per heavy atom. The SMILES string of the molecule is CCOc1ccccc1NC(=O)N1CCC2(CC1)SCC(=O)N2c1ccc(Cl)cc1. The largest absolute Gasteiger partial charge is 0.492 e. The van der Waals surface area contributed by atoms with Gasteiger partial charge in [-0.1, -0.05) is 23.7 Å². The van der Waals surface area contributed by atoms with Crippen LogP contribution in [0.1, 0.15) is 19.8 Å². The van der Waals surface area contributed by atoms with Crippen LogP contribution in [0.5, 0.6) is 5.75 Å². The molecule has 2 saturated heterocycles. The fraction of sp³-hybridized carbons (Fsp3) is 0.364. The number of hydrogen-bond acceptors (Lipinski definition) is 4. The molecule has 4 rings (SSSR count). The first kappa shape index (κ1) is 20.9. The first-order chi connectivity index (χ1) is 14.5.